The number of nitrogens with zero attached hydrogens (tertiary/aromatic N) is 5. The molecule has 0 spiro atoms. The zero-order valence-electron chi connectivity index (χ0n) is 15.8. The molecule has 0 bridgehead atoms. The van der Waals surface area contributed by atoms with Crippen molar-refractivity contribution in [3.8, 4) is 17.1 Å². The van der Waals surface area contributed by atoms with E-state index < -0.39 is 0 Å². The molecule has 1 aromatic carbocycles. The number of aromatic nitrogens is 4. The lowest BCUT2D eigenvalue weighted by atomic mass is 10.2. The summed E-state index contributed by atoms with van der Waals surface area (Å²) in [4.78, 5) is 18.9. The highest BCUT2D eigenvalue weighted by Gasteiger charge is 2.27. The summed E-state index contributed by atoms with van der Waals surface area (Å²) in [6, 6.07) is 9.12. The van der Waals surface area contributed by atoms with Gasteiger partial charge in [-0.25, -0.2) is 0 Å². The second-order valence-electron chi connectivity index (χ2n) is 6.77. The number of rotatable bonds is 5. The van der Waals surface area contributed by atoms with Gasteiger partial charge in [-0.05, 0) is 50.1 Å². The Morgan fingerprint density at radius 2 is 1.93 bits per heavy atom. The van der Waals surface area contributed by atoms with Gasteiger partial charge in [0.05, 0.1) is 21.0 Å². The van der Waals surface area contributed by atoms with E-state index in [2.05, 4.69) is 15.2 Å². The molecule has 29 heavy (non-hydrogen) atoms. The molecule has 1 atom stereocenters. The van der Waals surface area contributed by atoms with Crippen LogP contribution in [0.25, 0.3) is 17.1 Å². The van der Waals surface area contributed by atoms with Crippen LogP contribution < -0.4 is 0 Å². The smallest absolute Gasteiger partial charge is 0.235 e. The Balaban J connectivity index is 1.72. The van der Waals surface area contributed by atoms with E-state index in [-0.39, 0.29) is 11.2 Å². The maximum absolute atomic E-state index is 12.8. The first kappa shape index (κ1) is 20.2. The number of hydrogen-bond donors (Lipinski definition) is 0. The Morgan fingerprint density at radius 1 is 1.14 bits per heavy atom. The average molecular weight is 448 g/mol. The quantitative estimate of drug-likeness (QED) is 0.528. The summed E-state index contributed by atoms with van der Waals surface area (Å²) >= 11 is 13.7. The predicted octanol–water partition coefficient (Wildman–Crippen LogP) is 4.74. The SMILES string of the molecule is CC(Sc1nnc(-c2cccnc2)n1-c1ccc(Cl)c(Cl)c1)C(=O)N1CCCC1. The third-order valence-electron chi connectivity index (χ3n) is 4.76. The number of benzene rings is 1. The first-order chi connectivity index (χ1) is 14.0. The van der Waals surface area contributed by atoms with Gasteiger partial charge in [0.15, 0.2) is 11.0 Å². The molecule has 1 amide bonds. The van der Waals surface area contributed by atoms with Crippen molar-refractivity contribution < 1.29 is 4.79 Å². The third kappa shape index (κ3) is 4.27. The van der Waals surface area contributed by atoms with E-state index in [9.17, 15) is 4.79 Å². The summed E-state index contributed by atoms with van der Waals surface area (Å²) < 4.78 is 1.89. The van der Waals surface area contributed by atoms with Gasteiger partial charge in [-0.15, -0.1) is 10.2 Å². The fourth-order valence-electron chi connectivity index (χ4n) is 3.29. The van der Waals surface area contributed by atoms with Gasteiger partial charge in [0.25, 0.3) is 0 Å². The Morgan fingerprint density at radius 3 is 2.62 bits per heavy atom. The summed E-state index contributed by atoms with van der Waals surface area (Å²) in [7, 11) is 0. The van der Waals surface area contributed by atoms with Gasteiger partial charge in [0.2, 0.25) is 5.91 Å². The number of carbonyl (C=O) groups is 1. The van der Waals surface area contributed by atoms with Crippen molar-refractivity contribution in [1.82, 2.24) is 24.6 Å². The zero-order chi connectivity index (χ0) is 20.4. The second kappa shape index (κ2) is 8.73. The number of pyridine rings is 1. The largest absolute Gasteiger partial charge is 0.342 e. The molecule has 0 radical (unpaired) electrons. The van der Waals surface area contributed by atoms with Gasteiger partial charge in [-0.1, -0.05) is 35.0 Å². The molecule has 3 aromatic rings. The molecule has 2 aromatic heterocycles. The fourth-order valence-corrected chi connectivity index (χ4v) is 4.53. The van der Waals surface area contributed by atoms with Crippen LogP contribution in [0.5, 0.6) is 0 Å². The summed E-state index contributed by atoms with van der Waals surface area (Å²) in [5.74, 6) is 0.749. The van der Waals surface area contributed by atoms with E-state index in [1.807, 2.05) is 34.6 Å². The van der Waals surface area contributed by atoms with Gasteiger partial charge < -0.3 is 4.90 Å². The topological polar surface area (TPSA) is 63.9 Å². The minimum absolute atomic E-state index is 0.124. The molecule has 1 aliphatic heterocycles. The van der Waals surface area contributed by atoms with Crippen molar-refractivity contribution in [1.29, 1.82) is 0 Å². The van der Waals surface area contributed by atoms with E-state index in [1.165, 1.54) is 11.8 Å². The molecule has 1 saturated heterocycles. The van der Waals surface area contributed by atoms with Gasteiger partial charge in [0, 0.05) is 31.0 Å². The number of thioether (sulfide) groups is 1. The monoisotopic (exact) mass is 447 g/mol. The van der Waals surface area contributed by atoms with Crippen molar-refractivity contribution in [2.24, 2.45) is 0 Å². The van der Waals surface area contributed by atoms with E-state index in [1.54, 1.807) is 24.5 Å². The Kier molecular flexibility index (Phi) is 6.08. The summed E-state index contributed by atoms with van der Waals surface area (Å²) in [6.45, 7) is 3.55. The Hall–Kier alpha value is -2.09. The molecular formula is C20H19Cl2N5OS. The Bertz CT molecular complexity index is 1020. The van der Waals surface area contributed by atoms with Crippen LogP contribution in [-0.2, 0) is 4.79 Å². The van der Waals surface area contributed by atoms with Crippen molar-refractivity contribution in [3.05, 3.63) is 52.8 Å². The first-order valence-corrected chi connectivity index (χ1v) is 10.9. The van der Waals surface area contributed by atoms with Crippen LogP contribution in [0.15, 0.2) is 47.9 Å². The Labute approximate surface area is 183 Å². The fraction of sp³-hybridized carbons (Fsp3) is 0.300. The van der Waals surface area contributed by atoms with Crippen LogP contribution in [0.3, 0.4) is 0 Å². The lowest BCUT2D eigenvalue weighted by Gasteiger charge is -2.20. The van der Waals surface area contributed by atoms with Crippen LogP contribution in [0, 0.1) is 0 Å². The molecule has 3 heterocycles. The van der Waals surface area contributed by atoms with Crippen molar-refractivity contribution in [2.75, 3.05) is 13.1 Å². The van der Waals surface area contributed by atoms with Crippen LogP contribution >= 0.6 is 35.0 Å². The molecule has 0 aliphatic carbocycles. The van der Waals surface area contributed by atoms with E-state index in [4.69, 9.17) is 23.2 Å². The van der Waals surface area contributed by atoms with Gasteiger partial charge in [-0.3, -0.25) is 14.3 Å². The summed E-state index contributed by atoms with van der Waals surface area (Å²) in [5, 5.41) is 9.99. The highest BCUT2D eigenvalue weighted by atomic mass is 35.5. The highest BCUT2D eigenvalue weighted by Crippen LogP contribution is 2.33. The maximum Gasteiger partial charge on any atom is 0.235 e. The third-order valence-corrected chi connectivity index (χ3v) is 6.53. The van der Waals surface area contributed by atoms with Crippen molar-refractivity contribution in [3.63, 3.8) is 0 Å². The molecule has 150 valence electrons. The molecule has 6 nitrogen and oxygen atoms in total. The first-order valence-electron chi connectivity index (χ1n) is 9.31. The number of hydrogen-bond acceptors (Lipinski definition) is 5. The number of likely N-dealkylation sites (tertiary alicyclic amines) is 1. The van der Waals surface area contributed by atoms with E-state index in [0.29, 0.717) is 21.0 Å². The van der Waals surface area contributed by atoms with Gasteiger partial charge in [0.1, 0.15) is 0 Å². The van der Waals surface area contributed by atoms with Gasteiger partial charge >= 0.3 is 0 Å². The molecule has 0 N–H and O–H groups in total. The molecule has 1 fully saturated rings. The minimum atomic E-state index is -0.277. The number of amides is 1. The standard InChI is InChI=1S/C20H19Cl2N5OS/c1-13(19(28)26-9-2-3-10-26)29-20-25-24-18(14-5-4-8-23-12-14)27(20)15-6-7-16(21)17(22)11-15/h4-8,11-13H,2-3,9-10H2,1H3. The lowest BCUT2D eigenvalue weighted by molar-refractivity contribution is -0.129. The van der Waals surface area contributed by atoms with Crippen molar-refractivity contribution >= 4 is 40.9 Å². The maximum atomic E-state index is 12.8. The number of carbonyl (C=O) groups excluding carboxylic acids is 1. The minimum Gasteiger partial charge on any atom is -0.342 e. The molecule has 0 saturated carbocycles. The highest BCUT2D eigenvalue weighted by molar-refractivity contribution is 8.00. The van der Waals surface area contributed by atoms with E-state index in [0.717, 1.165) is 37.2 Å². The van der Waals surface area contributed by atoms with Crippen LogP contribution in [0.4, 0.5) is 0 Å². The molecular weight excluding hydrogens is 429 g/mol. The molecule has 1 unspecified atom stereocenters. The average Bonchev–Trinajstić information content (AvgIpc) is 3.40. The van der Waals surface area contributed by atoms with Crippen LogP contribution in [0.2, 0.25) is 10.0 Å². The molecule has 4 rings (SSSR count). The summed E-state index contributed by atoms with van der Waals surface area (Å²) in [6.07, 6.45) is 5.56. The number of halogens is 2. The zero-order valence-corrected chi connectivity index (χ0v) is 18.1. The molecule has 9 heteroatoms. The summed E-state index contributed by atoms with van der Waals surface area (Å²) in [5.41, 5.74) is 1.59. The van der Waals surface area contributed by atoms with Gasteiger partial charge in [-0.2, -0.15) is 0 Å². The lowest BCUT2D eigenvalue weighted by Crippen LogP contribution is -2.34. The van der Waals surface area contributed by atoms with Crippen LogP contribution in [-0.4, -0.2) is 48.9 Å². The second-order valence-corrected chi connectivity index (χ2v) is 8.90. The van der Waals surface area contributed by atoms with Crippen molar-refractivity contribution in [2.45, 2.75) is 30.2 Å². The predicted molar refractivity (Wildman–Crippen MR) is 116 cm³/mol. The van der Waals surface area contributed by atoms with Crippen LogP contribution in [0.1, 0.15) is 19.8 Å². The molecule has 1 aliphatic rings. The normalized spacial score (nSPS) is 14.9. The van der Waals surface area contributed by atoms with E-state index >= 15 is 0 Å².